The lowest BCUT2D eigenvalue weighted by atomic mass is 10.3. The molecule has 1 aromatic rings. The first-order valence-electron chi connectivity index (χ1n) is 7.01. The quantitative estimate of drug-likeness (QED) is 0.864. The maximum absolute atomic E-state index is 4.68. The minimum absolute atomic E-state index is 0.986. The molecule has 0 saturated carbocycles. The Morgan fingerprint density at radius 1 is 1.17 bits per heavy atom. The fourth-order valence-electron chi connectivity index (χ4n) is 2.24. The molecule has 1 aliphatic rings. The number of piperazine rings is 1. The van der Waals surface area contributed by atoms with Gasteiger partial charge < -0.3 is 15.1 Å². The minimum Gasteiger partial charge on any atom is -0.370 e. The van der Waals surface area contributed by atoms with Gasteiger partial charge in [-0.15, -0.1) is 0 Å². The number of hydrogen-bond donors (Lipinski definition) is 1. The molecular weight excluding hydrogens is 224 g/mol. The van der Waals surface area contributed by atoms with Crippen LogP contribution in [0.2, 0.25) is 0 Å². The third kappa shape index (κ3) is 3.35. The fourth-order valence-corrected chi connectivity index (χ4v) is 2.24. The molecular formula is C14H24N4. The summed E-state index contributed by atoms with van der Waals surface area (Å²) < 4.78 is 0. The van der Waals surface area contributed by atoms with Gasteiger partial charge in [0, 0.05) is 32.7 Å². The van der Waals surface area contributed by atoms with E-state index >= 15 is 0 Å². The molecule has 0 radical (unpaired) electrons. The molecule has 2 heterocycles. The van der Waals surface area contributed by atoms with Gasteiger partial charge >= 0.3 is 0 Å². The van der Waals surface area contributed by atoms with Gasteiger partial charge in [0.05, 0.1) is 0 Å². The zero-order valence-corrected chi connectivity index (χ0v) is 11.5. The highest BCUT2D eigenvalue weighted by molar-refractivity contribution is 5.47. The van der Waals surface area contributed by atoms with Crippen molar-refractivity contribution in [2.24, 2.45) is 0 Å². The number of nitrogens with one attached hydrogen (secondary N) is 1. The van der Waals surface area contributed by atoms with Gasteiger partial charge in [0.25, 0.3) is 0 Å². The van der Waals surface area contributed by atoms with E-state index in [2.05, 4.69) is 46.1 Å². The molecule has 0 aromatic carbocycles. The average Bonchev–Trinajstić information content (AvgIpc) is 2.45. The maximum Gasteiger partial charge on any atom is 0.131 e. The molecule has 0 aliphatic carbocycles. The van der Waals surface area contributed by atoms with Crippen LogP contribution in [0.15, 0.2) is 18.2 Å². The summed E-state index contributed by atoms with van der Waals surface area (Å²) >= 11 is 0. The third-order valence-corrected chi connectivity index (χ3v) is 3.43. The molecule has 4 heteroatoms. The van der Waals surface area contributed by atoms with Crippen molar-refractivity contribution in [3.05, 3.63) is 18.2 Å². The molecule has 0 unspecified atom stereocenters. The van der Waals surface area contributed by atoms with Crippen molar-refractivity contribution in [1.29, 1.82) is 0 Å². The lowest BCUT2D eigenvalue weighted by molar-refractivity contribution is 0.270. The van der Waals surface area contributed by atoms with Gasteiger partial charge in [-0.25, -0.2) is 4.98 Å². The zero-order valence-electron chi connectivity index (χ0n) is 11.5. The third-order valence-electron chi connectivity index (χ3n) is 3.43. The molecule has 0 atom stereocenters. The molecule has 2 rings (SSSR count). The van der Waals surface area contributed by atoms with Crippen LogP contribution in [0, 0.1) is 0 Å². The van der Waals surface area contributed by atoms with Gasteiger partial charge in [0.2, 0.25) is 0 Å². The van der Waals surface area contributed by atoms with Gasteiger partial charge in [-0.2, -0.15) is 0 Å². The van der Waals surface area contributed by atoms with Gasteiger partial charge in [-0.1, -0.05) is 19.9 Å². The van der Waals surface area contributed by atoms with Crippen LogP contribution >= 0.6 is 0 Å². The fraction of sp³-hybridized carbons (Fsp3) is 0.643. The highest BCUT2D eigenvalue weighted by atomic mass is 15.3. The van der Waals surface area contributed by atoms with E-state index in [1.807, 2.05) is 6.07 Å². The average molecular weight is 248 g/mol. The Kier molecular flexibility index (Phi) is 4.81. The lowest BCUT2D eigenvalue weighted by Crippen LogP contribution is -2.46. The normalized spacial score (nSPS) is 16.9. The van der Waals surface area contributed by atoms with Crippen molar-refractivity contribution >= 4 is 11.6 Å². The van der Waals surface area contributed by atoms with Gasteiger partial charge in [-0.05, 0) is 25.1 Å². The smallest absolute Gasteiger partial charge is 0.131 e. The number of nitrogens with zero attached hydrogens (tertiary/aromatic N) is 3. The van der Waals surface area contributed by atoms with E-state index in [1.54, 1.807) is 0 Å². The van der Waals surface area contributed by atoms with E-state index in [9.17, 15) is 0 Å². The standard InChI is InChI=1S/C14H24N4/c1-3-8-15-13-6-5-7-14(16-13)18-11-9-17(4-2)10-12-18/h5-7H,3-4,8-12H2,1-2H3,(H,15,16). The molecule has 0 spiro atoms. The molecule has 1 saturated heterocycles. The predicted molar refractivity (Wildman–Crippen MR) is 77.3 cm³/mol. The summed E-state index contributed by atoms with van der Waals surface area (Å²) in [6.45, 7) is 11.0. The van der Waals surface area contributed by atoms with Crippen LogP contribution < -0.4 is 10.2 Å². The molecule has 0 bridgehead atoms. The second-order valence-electron chi connectivity index (χ2n) is 4.73. The maximum atomic E-state index is 4.68. The summed E-state index contributed by atoms with van der Waals surface area (Å²) in [6.07, 6.45) is 1.13. The predicted octanol–water partition coefficient (Wildman–Crippen LogP) is 2.05. The Hall–Kier alpha value is -1.29. The Morgan fingerprint density at radius 2 is 1.94 bits per heavy atom. The summed E-state index contributed by atoms with van der Waals surface area (Å²) in [4.78, 5) is 9.54. The van der Waals surface area contributed by atoms with E-state index in [0.29, 0.717) is 0 Å². The molecule has 100 valence electrons. The van der Waals surface area contributed by atoms with Gasteiger partial charge in [-0.3, -0.25) is 0 Å². The summed E-state index contributed by atoms with van der Waals surface area (Å²) in [5, 5.41) is 3.35. The molecule has 1 N–H and O–H groups in total. The van der Waals surface area contributed by atoms with E-state index in [0.717, 1.165) is 57.3 Å². The number of hydrogen-bond acceptors (Lipinski definition) is 4. The zero-order chi connectivity index (χ0) is 12.8. The van der Waals surface area contributed by atoms with E-state index in [4.69, 9.17) is 0 Å². The van der Waals surface area contributed by atoms with Gasteiger partial charge in [0.1, 0.15) is 11.6 Å². The lowest BCUT2D eigenvalue weighted by Gasteiger charge is -2.34. The number of rotatable bonds is 5. The number of anilines is 2. The first-order valence-corrected chi connectivity index (χ1v) is 7.01. The molecule has 18 heavy (non-hydrogen) atoms. The van der Waals surface area contributed by atoms with Crippen molar-refractivity contribution in [2.75, 3.05) is 49.5 Å². The Morgan fingerprint density at radius 3 is 2.61 bits per heavy atom. The van der Waals surface area contributed by atoms with Crippen LogP contribution in [0.25, 0.3) is 0 Å². The first-order chi connectivity index (χ1) is 8.83. The van der Waals surface area contributed by atoms with E-state index in [1.165, 1.54) is 0 Å². The topological polar surface area (TPSA) is 31.4 Å². The molecule has 1 aromatic heterocycles. The molecule has 4 nitrogen and oxygen atoms in total. The van der Waals surface area contributed by atoms with Crippen LogP contribution in [0.4, 0.5) is 11.6 Å². The molecule has 1 aliphatic heterocycles. The monoisotopic (exact) mass is 248 g/mol. The van der Waals surface area contributed by atoms with Crippen LogP contribution in [-0.2, 0) is 0 Å². The number of pyridine rings is 1. The number of likely N-dealkylation sites (N-methyl/N-ethyl adjacent to an activating group) is 1. The second-order valence-corrected chi connectivity index (χ2v) is 4.73. The Bertz CT molecular complexity index is 359. The summed E-state index contributed by atoms with van der Waals surface area (Å²) in [6, 6.07) is 6.24. The molecule has 0 amide bonds. The summed E-state index contributed by atoms with van der Waals surface area (Å²) in [7, 11) is 0. The van der Waals surface area contributed by atoms with Crippen molar-refractivity contribution in [3.8, 4) is 0 Å². The van der Waals surface area contributed by atoms with Gasteiger partial charge in [0.15, 0.2) is 0 Å². The van der Waals surface area contributed by atoms with Crippen molar-refractivity contribution in [1.82, 2.24) is 9.88 Å². The van der Waals surface area contributed by atoms with Crippen LogP contribution in [0.3, 0.4) is 0 Å². The highest BCUT2D eigenvalue weighted by Gasteiger charge is 2.16. The van der Waals surface area contributed by atoms with Crippen LogP contribution in [-0.4, -0.2) is 49.2 Å². The van der Waals surface area contributed by atoms with Crippen molar-refractivity contribution in [2.45, 2.75) is 20.3 Å². The summed E-state index contributed by atoms with van der Waals surface area (Å²) in [5.41, 5.74) is 0. The summed E-state index contributed by atoms with van der Waals surface area (Å²) in [5.74, 6) is 2.10. The first kappa shape index (κ1) is 13.1. The SMILES string of the molecule is CCCNc1cccc(N2CCN(CC)CC2)n1. The molecule has 1 fully saturated rings. The van der Waals surface area contributed by atoms with Crippen molar-refractivity contribution < 1.29 is 0 Å². The number of aromatic nitrogens is 1. The van der Waals surface area contributed by atoms with Crippen molar-refractivity contribution in [3.63, 3.8) is 0 Å². The highest BCUT2D eigenvalue weighted by Crippen LogP contribution is 2.16. The second kappa shape index (κ2) is 6.59. The van der Waals surface area contributed by atoms with E-state index in [-0.39, 0.29) is 0 Å². The van der Waals surface area contributed by atoms with E-state index < -0.39 is 0 Å². The van der Waals surface area contributed by atoms with Crippen LogP contribution in [0.5, 0.6) is 0 Å². The Labute approximate surface area is 110 Å². The minimum atomic E-state index is 0.986. The Balaban J connectivity index is 1.96. The largest absolute Gasteiger partial charge is 0.370 e. The van der Waals surface area contributed by atoms with Crippen LogP contribution in [0.1, 0.15) is 20.3 Å².